The summed E-state index contributed by atoms with van der Waals surface area (Å²) in [6, 6.07) is 17.2. The summed E-state index contributed by atoms with van der Waals surface area (Å²) < 4.78 is 0. The van der Waals surface area contributed by atoms with Crippen molar-refractivity contribution in [2.75, 3.05) is 13.1 Å². The Balaban J connectivity index is 1.49. The predicted octanol–water partition coefficient (Wildman–Crippen LogP) is 2.55. The van der Waals surface area contributed by atoms with Gasteiger partial charge in [0.15, 0.2) is 0 Å². The number of amides is 2. The van der Waals surface area contributed by atoms with Crippen LogP contribution in [0.1, 0.15) is 34.3 Å². The molecule has 0 aliphatic carbocycles. The number of hydrogen-bond acceptors (Lipinski definition) is 3. The minimum atomic E-state index is -0.578. The first-order valence-electron chi connectivity index (χ1n) is 8.90. The lowest BCUT2D eigenvalue weighted by atomic mass is 9.97. The third-order valence-electron chi connectivity index (χ3n) is 5.08. The largest absolute Gasteiger partial charge is 0.338 e. The van der Waals surface area contributed by atoms with E-state index in [2.05, 4.69) is 5.32 Å². The zero-order valence-corrected chi connectivity index (χ0v) is 14.7. The van der Waals surface area contributed by atoms with E-state index < -0.39 is 5.66 Å². The summed E-state index contributed by atoms with van der Waals surface area (Å²) in [5, 5.41) is 3.05. The standard InChI is InChI=1S/C21H21N3O2/c1-15-6-5-9-17(14-15)20(26)24-12-10-21(11-13-24)22-18(19(25)23-21)16-7-3-2-4-8-16/h2-9,14H,10-13H2,1H3,(H,23,25). The fourth-order valence-electron chi connectivity index (χ4n) is 3.63. The lowest BCUT2D eigenvalue weighted by Gasteiger charge is -2.37. The van der Waals surface area contributed by atoms with Crippen LogP contribution in [-0.4, -0.2) is 41.2 Å². The molecule has 1 saturated heterocycles. The molecule has 2 aliphatic rings. The lowest BCUT2D eigenvalue weighted by Crippen LogP contribution is -2.52. The van der Waals surface area contributed by atoms with Crippen LogP contribution in [-0.2, 0) is 4.79 Å². The zero-order valence-electron chi connectivity index (χ0n) is 14.7. The predicted molar refractivity (Wildman–Crippen MR) is 100 cm³/mol. The number of nitrogens with one attached hydrogen (secondary N) is 1. The molecule has 0 radical (unpaired) electrons. The molecule has 1 N–H and O–H groups in total. The monoisotopic (exact) mass is 347 g/mol. The van der Waals surface area contributed by atoms with Gasteiger partial charge in [-0.2, -0.15) is 0 Å². The van der Waals surface area contributed by atoms with Gasteiger partial charge in [-0.25, -0.2) is 0 Å². The maximum atomic E-state index is 12.7. The zero-order chi connectivity index (χ0) is 18.1. The quantitative estimate of drug-likeness (QED) is 0.907. The number of carbonyl (C=O) groups excluding carboxylic acids is 2. The number of carbonyl (C=O) groups is 2. The van der Waals surface area contributed by atoms with Crippen LogP contribution in [0.3, 0.4) is 0 Å². The minimum absolute atomic E-state index is 0.0418. The molecule has 26 heavy (non-hydrogen) atoms. The minimum Gasteiger partial charge on any atom is -0.338 e. The normalized spacial score (nSPS) is 18.6. The second kappa shape index (κ2) is 6.41. The molecular formula is C21H21N3O2. The third kappa shape index (κ3) is 3.01. The molecule has 1 fully saturated rings. The number of likely N-dealkylation sites (tertiary alicyclic amines) is 1. The van der Waals surface area contributed by atoms with Crippen LogP contribution in [0.4, 0.5) is 0 Å². The molecule has 2 amide bonds. The number of rotatable bonds is 2. The van der Waals surface area contributed by atoms with E-state index in [4.69, 9.17) is 4.99 Å². The number of hydrogen-bond donors (Lipinski definition) is 1. The topological polar surface area (TPSA) is 61.8 Å². The molecule has 4 rings (SSSR count). The van der Waals surface area contributed by atoms with Gasteiger partial charge in [-0.15, -0.1) is 0 Å². The maximum absolute atomic E-state index is 12.7. The molecule has 2 heterocycles. The molecule has 2 aliphatic heterocycles. The van der Waals surface area contributed by atoms with Crippen LogP contribution in [0, 0.1) is 6.92 Å². The van der Waals surface area contributed by atoms with Crippen molar-refractivity contribution in [3.8, 4) is 0 Å². The second-order valence-corrected chi connectivity index (χ2v) is 6.97. The summed E-state index contributed by atoms with van der Waals surface area (Å²) in [6.45, 7) is 3.15. The number of benzene rings is 2. The highest BCUT2D eigenvalue weighted by atomic mass is 16.2. The van der Waals surface area contributed by atoms with E-state index in [1.165, 1.54) is 0 Å². The third-order valence-corrected chi connectivity index (χ3v) is 5.08. The van der Waals surface area contributed by atoms with Crippen molar-refractivity contribution in [2.45, 2.75) is 25.4 Å². The first kappa shape index (κ1) is 16.5. The highest BCUT2D eigenvalue weighted by Crippen LogP contribution is 2.29. The molecule has 2 aromatic carbocycles. The maximum Gasteiger partial charge on any atom is 0.272 e. The summed E-state index contributed by atoms with van der Waals surface area (Å²) in [5.74, 6) is -0.0882. The molecule has 1 spiro atoms. The van der Waals surface area contributed by atoms with Gasteiger partial charge in [0.25, 0.3) is 11.8 Å². The first-order valence-corrected chi connectivity index (χ1v) is 8.90. The van der Waals surface area contributed by atoms with Crippen molar-refractivity contribution in [2.24, 2.45) is 4.99 Å². The van der Waals surface area contributed by atoms with Crippen molar-refractivity contribution in [1.29, 1.82) is 0 Å². The number of aryl methyl sites for hydroxylation is 1. The van der Waals surface area contributed by atoms with Crippen LogP contribution >= 0.6 is 0 Å². The molecule has 0 bridgehead atoms. The summed E-state index contributed by atoms with van der Waals surface area (Å²) >= 11 is 0. The van der Waals surface area contributed by atoms with Gasteiger partial charge in [-0.1, -0.05) is 48.0 Å². The van der Waals surface area contributed by atoms with Crippen molar-refractivity contribution < 1.29 is 9.59 Å². The van der Waals surface area contributed by atoms with Gasteiger partial charge < -0.3 is 10.2 Å². The van der Waals surface area contributed by atoms with Crippen molar-refractivity contribution >= 4 is 17.5 Å². The van der Waals surface area contributed by atoms with Crippen molar-refractivity contribution in [3.05, 3.63) is 71.3 Å². The Bertz CT molecular complexity index is 881. The van der Waals surface area contributed by atoms with Gasteiger partial charge >= 0.3 is 0 Å². The van der Waals surface area contributed by atoms with E-state index in [-0.39, 0.29) is 11.8 Å². The van der Waals surface area contributed by atoms with E-state index >= 15 is 0 Å². The Kier molecular flexibility index (Phi) is 4.07. The van der Waals surface area contributed by atoms with Crippen molar-refractivity contribution in [1.82, 2.24) is 10.2 Å². The molecule has 5 heteroatoms. The summed E-state index contributed by atoms with van der Waals surface area (Å²) in [4.78, 5) is 31.7. The molecule has 2 aromatic rings. The molecule has 0 saturated carbocycles. The van der Waals surface area contributed by atoms with E-state index in [9.17, 15) is 9.59 Å². The Hall–Kier alpha value is -2.95. The van der Waals surface area contributed by atoms with E-state index in [1.807, 2.05) is 66.4 Å². The van der Waals surface area contributed by atoms with Gasteiger partial charge in [0, 0.05) is 37.1 Å². The number of nitrogens with zero attached hydrogens (tertiary/aromatic N) is 2. The molecule has 5 nitrogen and oxygen atoms in total. The smallest absolute Gasteiger partial charge is 0.272 e. The molecule has 0 unspecified atom stereocenters. The highest BCUT2D eigenvalue weighted by molar-refractivity contribution is 6.46. The lowest BCUT2D eigenvalue weighted by molar-refractivity contribution is -0.115. The Morgan fingerprint density at radius 3 is 2.50 bits per heavy atom. The van der Waals surface area contributed by atoms with Crippen LogP contribution in [0.25, 0.3) is 0 Å². The van der Waals surface area contributed by atoms with Gasteiger partial charge in [0.05, 0.1) is 0 Å². The van der Waals surface area contributed by atoms with Crippen LogP contribution in [0.15, 0.2) is 59.6 Å². The molecular weight excluding hydrogens is 326 g/mol. The van der Waals surface area contributed by atoms with Crippen molar-refractivity contribution in [3.63, 3.8) is 0 Å². The van der Waals surface area contributed by atoms with Crippen LogP contribution < -0.4 is 5.32 Å². The second-order valence-electron chi connectivity index (χ2n) is 6.97. The highest BCUT2D eigenvalue weighted by Gasteiger charge is 2.42. The number of aliphatic imine (C=N–C) groups is 1. The van der Waals surface area contributed by atoms with E-state index in [0.29, 0.717) is 37.2 Å². The van der Waals surface area contributed by atoms with E-state index in [0.717, 1.165) is 11.1 Å². The summed E-state index contributed by atoms with van der Waals surface area (Å²) in [5.41, 5.74) is 2.53. The fraction of sp³-hybridized carbons (Fsp3) is 0.286. The summed E-state index contributed by atoms with van der Waals surface area (Å²) in [6.07, 6.45) is 1.26. The van der Waals surface area contributed by atoms with Gasteiger partial charge in [-0.3, -0.25) is 14.6 Å². The Morgan fingerprint density at radius 1 is 1.08 bits per heavy atom. The SMILES string of the molecule is Cc1cccc(C(=O)N2CCC3(CC2)N=C(c2ccccc2)C(=O)N3)c1. The van der Waals surface area contributed by atoms with Gasteiger partial charge in [-0.05, 0) is 19.1 Å². The van der Waals surface area contributed by atoms with Crippen LogP contribution in [0.5, 0.6) is 0 Å². The average Bonchev–Trinajstić information content (AvgIpc) is 2.98. The fourth-order valence-corrected chi connectivity index (χ4v) is 3.63. The van der Waals surface area contributed by atoms with Gasteiger partial charge in [0.2, 0.25) is 0 Å². The van der Waals surface area contributed by atoms with E-state index in [1.54, 1.807) is 0 Å². The first-order chi connectivity index (χ1) is 12.6. The van der Waals surface area contributed by atoms with Crippen LogP contribution in [0.2, 0.25) is 0 Å². The molecule has 132 valence electrons. The Labute approximate surface area is 152 Å². The Morgan fingerprint density at radius 2 is 1.81 bits per heavy atom. The number of piperidine rings is 1. The molecule has 0 atom stereocenters. The average molecular weight is 347 g/mol. The van der Waals surface area contributed by atoms with Gasteiger partial charge in [0.1, 0.15) is 11.4 Å². The molecule has 0 aromatic heterocycles. The summed E-state index contributed by atoms with van der Waals surface area (Å²) in [7, 11) is 0.